The van der Waals surface area contributed by atoms with Gasteiger partial charge in [-0.05, 0) is 36.4 Å². The Labute approximate surface area is 122 Å². The first-order valence-electron chi connectivity index (χ1n) is 6.42. The predicted octanol–water partition coefficient (Wildman–Crippen LogP) is 3.75. The predicted molar refractivity (Wildman–Crippen MR) is 78.8 cm³/mol. The molecule has 0 atom stereocenters. The minimum Gasteiger partial charge on any atom is -0.377 e. The molecule has 0 aliphatic carbocycles. The SMILES string of the molecule is CN(C)C(=CC(=O)c1ccc(F)cc1)c1cccc(F)c1. The second kappa shape index (κ2) is 6.31. The molecule has 4 heteroatoms. The summed E-state index contributed by atoms with van der Waals surface area (Å²) >= 11 is 0. The van der Waals surface area contributed by atoms with E-state index in [0.29, 0.717) is 16.8 Å². The lowest BCUT2D eigenvalue weighted by atomic mass is 10.1. The van der Waals surface area contributed by atoms with Crippen molar-refractivity contribution in [2.45, 2.75) is 0 Å². The molecule has 0 N–H and O–H groups in total. The first-order valence-corrected chi connectivity index (χ1v) is 6.42. The lowest BCUT2D eigenvalue weighted by molar-refractivity contribution is 0.104. The van der Waals surface area contributed by atoms with Gasteiger partial charge in [0.25, 0.3) is 0 Å². The van der Waals surface area contributed by atoms with Gasteiger partial charge in [0.1, 0.15) is 11.6 Å². The Morgan fingerprint density at radius 3 is 2.19 bits per heavy atom. The Hall–Kier alpha value is -2.49. The molecule has 0 heterocycles. The van der Waals surface area contributed by atoms with Crippen molar-refractivity contribution in [2.75, 3.05) is 14.1 Å². The summed E-state index contributed by atoms with van der Waals surface area (Å²) < 4.78 is 26.2. The van der Waals surface area contributed by atoms with Gasteiger partial charge in [-0.1, -0.05) is 12.1 Å². The zero-order chi connectivity index (χ0) is 15.4. The first-order chi connectivity index (χ1) is 9.97. The second-order valence-corrected chi connectivity index (χ2v) is 4.81. The molecular formula is C17H15F2NO. The van der Waals surface area contributed by atoms with Crippen LogP contribution in [0, 0.1) is 11.6 Å². The Bertz CT molecular complexity index is 675. The average Bonchev–Trinajstić information content (AvgIpc) is 2.45. The monoisotopic (exact) mass is 287 g/mol. The van der Waals surface area contributed by atoms with E-state index in [2.05, 4.69) is 0 Å². The van der Waals surface area contributed by atoms with Crippen molar-refractivity contribution in [1.29, 1.82) is 0 Å². The maximum absolute atomic E-state index is 13.3. The second-order valence-electron chi connectivity index (χ2n) is 4.81. The zero-order valence-corrected chi connectivity index (χ0v) is 11.8. The van der Waals surface area contributed by atoms with Gasteiger partial charge < -0.3 is 4.90 Å². The van der Waals surface area contributed by atoms with Crippen LogP contribution in [-0.4, -0.2) is 24.8 Å². The van der Waals surface area contributed by atoms with E-state index in [1.54, 1.807) is 31.1 Å². The number of hydrogen-bond acceptors (Lipinski definition) is 2. The van der Waals surface area contributed by atoms with Crippen molar-refractivity contribution < 1.29 is 13.6 Å². The highest BCUT2D eigenvalue weighted by molar-refractivity contribution is 6.08. The van der Waals surface area contributed by atoms with Gasteiger partial charge in [-0.3, -0.25) is 4.79 Å². The minimum atomic E-state index is -0.395. The highest BCUT2D eigenvalue weighted by Crippen LogP contribution is 2.19. The zero-order valence-electron chi connectivity index (χ0n) is 11.8. The number of carbonyl (C=O) groups excluding carboxylic acids is 1. The third-order valence-corrected chi connectivity index (χ3v) is 3.00. The molecule has 0 bridgehead atoms. The van der Waals surface area contributed by atoms with Crippen molar-refractivity contribution in [3.63, 3.8) is 0 Å². The number of hydrogen-bond donors (Lipinski definition) is 0. The summed E-state index contributed by atoms with van der Waals surface area (Å²) in [6.07, 6.45) is 1.42. The van der Waals surface area contributed by atoms with E-state index >= 15 is 0 Å². The van der Waals surface area contributed by atoms with Crippen LogP contribution in [0.2, 0.25) is 0 Å². The van der Waals surface area contributed by atoms with E-state index in [9.17, 15) is 13.6 Å². The summed E-state index contributed by atoms with van der Waals surface area (Å²) in [5.41, 5.74) is 1.58. The standard InChI is InChI=1S/C17H15F2NO/c1-20(2)16(13-4-3-5-15(19)10-13)11-17(21)12-6-8-14(18)9-7-12/h3-11H,1-2H3. The summed E-state index contributed by atoms with van der Waals surface area (Å²) in [5, 5.41) is 0. The van der Waals surface area contributed by atoms with E-state index < -0.39 is 5.82 Å². The van der Waals surface area contributed by atoms with E-state index in [-0.39, 0.29) is 11.6 Å². The van der Waals surface area contributed by atoms with Gasteiger partial charge in [0, 0.05) is 37.0 Å². The van der Waals surface area contributed by atoms with Crippen LogP contribution in [0.15, 0.2) is 54.6 Å². The quantitative estimate of drug-likeness (QED) is 0.630. The molecule has 2 rings (SSSR count). The largest absolute Gasteiger partial charge is 0.377 e. The number of nitrogens with zero attached hydrogens (tertiary/aromatic N) is 1. The molecule has 0 aliphatic heterocycles. The van der Waals surface area contributed by atoms with E-state index in [1.165, 1.54) is 42.5 Å². The minimum absolute atomic E-state index is 0.261. The lowest BCUT2D eigenvalue weighted by Crippen LogP contribution is -2.12. The fourth-order valence-electron chi connectivity index (χ4n) is 1.94. The molecule has 0 radical (unpaired) electrons. The maximum atomic E-state index is 13.3. The molecular weight excluding hydrogens is 272 g/mol. The van der Waals surface area contributed by atoms with Crippen LogP contribution in [0.5, 0.6) is 0 Å². The molecule has 21 heavy (non-hydrogen) atoms. The Morgan fingerprint density at radius 2 is 1.62 bits per heavy atom. The summed E-state index contributed by atoms with van der Waals surface area (Å²) in [5.74, 6) is -1.02. The van der Waals surface area contributed by atoms with Crippen LogP contribution in [0.4, 0.5) is 8.78 Å². The van der Waals surface area contributed by atoms with Crippen LogP contribution >= 0.6 is 0 Å². The van der Waals surface area contributed by atoms with Gasteiger partial charge in [-0.15, -0.1) is 0 Å². The first kappa shape index (κ1) is 14.9. The normalized spacial score (nSPS) is 11.3. The molecule has 0 unspecified atom stereocenters. The fraction of sp³-hybridized carbons (Fsp3) is 0.118. The third-order valence-electron chi connectivity index (χ3n) is 3.00. The molecule has 0 spiro atoms. The van der Waals surface area contributed by atoms with Crippen LogP contribution in [0.25, 0.3) is 5.70 Å². The number of carbonyl (C=O) groups is 1. The Morgan fingerprint density at radius 1 is 0.952 bits per heavy atom. The van der Waals surface area contributed by atoms with Gasteiger partial charge in [0.05, 0.1) is 0 Å². The molecule has 0 aromatic heterocycles. The number of allylic oxidation sites excluding steroid dienone is 1. The lowest BCUT2D eigenvalue weighted by Gasteiger charge is -2.17. The van der Waals surface area contributed by atoms with Crippen LogP contribution in [0.3, 0.4) is 0 Å². The maximum Gasteiger partial charge on any atom is 0.187 e. The van der Waals surface area contributed by atoms with Gasteiger partial charge in [-0.2, -0.15) is 0 Å². The molecule has 0 saturated carbocycles. The molecule has 0 aliphatic rings. The summed E-state index contributed by atoms with van der Waals surface area (Å²) in [4.78, 5) is 13.9. The summed E-state index contributed by atoms with van der Waals surface area (Å²) in [6.45, 7) is 0. The molecule has 108 valence electrons. The Kier molecular flexibility index (Phi) is 4.48. The van der Waals surface area contributed by atoms with Crippen LogP contribution < -0.4 is 0 Å². The smallest absolute Gasteiger partial charge is 0.187 e. The average molecular weight is 287 g/mol. The highest BCUT2D eigenvalue weighted by Gasteiger charge is 2.10. The van der Waals surface area contributed by atoms with Gasteiger partial charge in [-0.25, -0.2) is 8.78 Å². The van der Waals surface area contributed by atoms with Crippen molar-refractivity contribution in [2.24, 2.45) is 0 Å². The third kappa shape index (κ3) is 3.75. The Balaban J connectivity index is 2.38. The summed E-state index contributed by atoms with van der Waals surface area (Å²) in [6, 6.07) is 11.3. The molecule has 2 aromatic carbocycles. The molecule has 0 saturated heterocycles. The van der Waals surface area contributed by atoms with Crippen molar-refractivity contribution in [3.05, 3.63) is 77.4 Å². The van der Waals surface area contributed by atoms with Crippen LogP contribution in [-0.2, 0) is 0 Å². The number of rotatable bonds is 4. The van der Waals surface area contributed by atoms with Gasteiger partial charge in [0.15, 0.2) is 5.78 Å². The van der Waals surface area contributed by atoms with E-state index in [1.807, 2.05) is 0 Å². The number of ketones is 1. The van der Waals surface area contributed by atoms with Crippen molar-refractivity contribution in [1.82, 2.24) is 4.90 Å². The molecule has 2 nitrogen and oxygen atoms in total. The van der Waals surface area contributed by atoms with Gasteiger partial charge in [0.2, 0.25) is 0 Å². The molecule has 0 amide bonds. The molecule has 0 fully saturated rings. The summed E-state index contributed by atoms with van der Waals surface area (Å²) in [7, 11) is 3.54. The topological polar surface area (TPSA) is 20.3 Å². The number of halogens is 2. The van der Waals surface area contributed by atoms with E-state index in [4.69, 9.17) is 0 Å². The fourth-order valence-corrected chi connectivity index (χ4v) is 1.94. The van der Waals surface area contributed by atoms with Crippen LogP contribution in [0.1, 0.15) is 15.9 Å². The van der Waals surface area contributed by atoms with E-state index in [0.717, 1.165) is 0 Å². The van der Waals surface area contributed by atoms with Crippen molar-refractivity contribution in [3.8, 4) is 0 Å². The number of benzene rings is 2. The van der Waals surface area contributed by atoms with Crippen molar-refractivity contribution >= 4 is 11.5 Å². The molecule has 2 aromatic rings. The van der Waals surface area contributed by atoms with Gasteiger partial charge >= 0.3 is 0 Å². The highest BCUT2D eigenvalue weighted by atomic mass is 19.1.